The van der Waals surface area contributed by atoms with Crippen molar-refractivity contribution in [1.82, 2.24) is 0 Å². The first-order valence-electron chi connectivity index (χ1n) is 6.18. The molecule has 0 radical (unpaired) electrons. The minimum Gasteiger partial charge on any atom is -0.497 e. The van der Waals surface area contributed by atoms with E-state index < -0.39 is 6.04 Å². The molecule has 1 atom stereocenters. The van der Waals surface area contributed by atoms with Crippen molar-refractivity contribution in [3.63, 3.8) is 0 Å². The number of rotatable bonds is 5. The molecule has 20 heavy (non-hydrogen) atoms. The van der Waals surface area contributed by atoms with Gasteiger partial charge in [0.05, 0.1) is 14.2 Å². The maximum Gasteiger partial charge on any atom is 0.333 e. The van der Waals surface area contributed by atoms with Gasteiger partial charge in [0.2, 0.25) is 0 Å². The number of aryl methyl sites for hydroxylation is 1. The third kappa shape index (κ3) is 3.11. The number of nitrogens with one attached hydrogen (secondary N) is 1. The lowest BCUT2D eigenvalue weighted by Gasteiger charge is -2.17. The highest BCUT2D eigenvalue weighted by Crippen LogP contribution is 2.28. The number of carbonyl (C=O) groups excluding carboxylic acids is 1. The Labute approximate surface area is 122 Å². The zero-order valence-corrected chi connectivity index (χ0v) is 12.5. The Bertz CT molecular complexity index is 577. The molecule has 0 saturated heterocycles. The lowest BCUT2D eigenvalue weighted by Crippen LogP contribution is -2.22. The van der Waals surface area contributed by atoms with E-state index >= 15 is 0 Å². The van der Waals surface area contributed by atoms with Gasteiger partial charge in [-0.05, 0) is 48.2 Å². The molecule has 0 bridgehead atoms. The van der Waals surface area contributed by atoms with E-state index in [1.54, 1.807) is 18.4 Å². The summed E-state index contributed by atoms with van der Waals surface area (Å²) in [6.07, 6.45) is 0. The summed E-state index contributed by atoms with van der Waals surface area (Å²) in [5.41, 5.74) is 1.92. The summed E-state index contributed by atoms with van der Waals surface area (Å²) in [4.78, 5) is 13.0. The Morgan fingerprint density at radius 1 is 1.20 bits per heavy atom. The maximum absolute atomic E-state index is 12.0. The zero-order chi connectivity index (χ0) is 14.5. The summed E-state index contributed by atoms with van der Waals surface area (Å²) in [6.45, 7) is 1.98. The molecule has 2 rings (SSSR count). The van der Waals surface area contributed by atoms with Crippen LogP contribution in [0, 0.1) is 6.92 Å². The molecule has 0 amide bonds. The van der Waals surface area contributed by atoms with Crippen LogP contribution in [0.3, 0.4) is 0 Å². The van der Waals surface area contributed by atoms with Crippen LogP contribution >= 0.6 is 11.3 Å². The van der Waals surface area contributed by atoms with Gasteiger partial charge in [-0.15, -0.1) is 11.3 Å². The minimum atomic E-state index is -0.492. The van der Waals surface area contributed by atoms with E-state index in [1.165, 1.54) is 7.11 Å². The predicted octanol–water partition coefficient (Wildman–Crippen LogP) is 3.39. The van der Waals surface area contributed by atoms with Gasteiger partial charge in [0.1, 0.15) is 5.75 Å². The van der Waals surface area contributed by atoms with Crippen molar-refractivity contribution < 1.29 is 14.3 Å². The molecule has 0 aliphatic heterocycles. The number of benzene rings is 1. The van der Waals surface area contributed by atoms with E-state index in [0.29, 0.717) is 0 Å². The largest absolute Gasteiger partial charge is 0.497 e. The topological polar surface area (TPSA) is 47.6 Å². The van der Waals surface area contributed by atoms with Crippen molar-refractivity contribution in [2.45, 2.75) is 13.0 Å². The highest BCUT2D eigenvalue weighted by atomic mass is 32.1. The Morgan fingerprint density at radius 2 is 1.90 bits per heavy atom. The third-order valence-corrected chi connectivity index (χ3v) is 4.09. The summed E-state index contributed by atoms with van der Waals surface area (Å²) < 4.78 is 10.0. The molecule has 2 aromatic rings. The SMILES string of the molecule is COC(=O)C(Nc1ccc(OC)cc1)c1sccc1C. The van der Waals surface area contributed by atoms with Crippen LogP contribution in [-0.2, 0) is 9.53 Å². The molecule has 0 spiro atoms. The molecular weight excluding hydrogens is 274 g/mol. The van der Waals surface area contributed by atoms with Gasteiger partial charge < -0.3 is 14.8 Å². The van der Waals surface area contributed by atoms with Crippen molar-refractivity contribution in [3.8, 4) is 5.75 Å². The molecule has 1 unspecified atom stereocenters. The van der Waals surface area contributed by atoms with Crippen molar-refractivity contribution in [2.24, 2.45) is 0 Å². The van der Waals surface area contributed by atoms with E-state index in [2.05, 4.69) is 5.32 Å². The summed E-state index contributed by atoms with van der Waals surface area (Å²) in [5, 5.41) is 5.17. The fourth-order valence-corrected chi connectivity index (χ4v) is 2.85. The second-order valence-corrected chi connectivity index (χ2v) is 5.24. The molecule has 1 N–H and O–H groups in total. The van der Waals surface area contributed by atoms with Gasteiger partial charge in [0.25, 0.3) is 0 Å². The molecule has 0 fully saturated rings. The monoisotopic (exact) mass is 291 g/mol. The molecule has 0 aliphatic carbocycles. The van der Waals surface area contributed by atoms with E-state index in [9.17, 15) is 4.79 Å². The number of hydrogen-bond acceptors (Lipinski definition) is 5. The minimum absolute atomic E-state index is 0.300. The van der Waals surface area contributed by atoms with E-state index in [4.69, 9.17) is 9.47 Å². The van der Waals surface area contributed by atoms with Crippen LogP contribution < -0.4 is 10.1 Å². The first-order chi connectivity index (χ1) is 9.65. The van der Waals surface area contributed by atoms with Crippen LogP contribution in [0.2, 0.25) is 0 Å². The fourth-order valence-electron chi connectivity index (χ4n) is 1.88. The van der Waals surface area contributed by atoms with Gasteiger partial charge >= 0.3 is 5.97 Å². The number of carbonyl (C=O) groups is 1. The fraction of sp³-hybridized carbons (Fsp3) is 0.267. The Kier molecular flexibility index (Phi) is 4.63. The Morgan fingerprint density at radius 3 is 2.40 bits per heavy atom. The summed E-state index contributed by atoms with van der Waals surface area (Å²) >= 11 is 1.54. The second kappa shape index (κ2) is 6.43. The van der Waals surface area contributed by atoms with E-state index in [1.807, 2.05) is 42.6 Å². The van der Waals surface area contributed by atoms with Gasteiger partial charge in [-0.2, -0.15) is 0 Å². The van der Waals surface area contributed by atoms with Gasteiger partial charge in [-0.1, -0.05) is 0 Å². The second-order valence-electron chi connectivity index (χ2n) is 4.30. The van der Waals surface area contributed by atoms with Crippen molar-refractivity contribution in [3.05, 3.63) is 46.2 Å². The lowest BCUT2D eigenvalue weighted by molar-refractivity contribution is -0.141. The van der Waals surface area contributed by atoms with Crippen molar-refractivity contribution in [2.75, 3.05) is 19.5 Å². The first-order valence-corrected chi connectivity index (χ1v) is 7.06. The summed E-state index contributed by atoms with van der Waals surface area (Å²) in [6, 6.07) is 8.94. The number of esters is 1. The van der Waals surface area contributed by atoms with Crippen LogP contribution in [0.1, 0.15) is 16.5 Å². The number of ether oxygens (including phenoxy) is 2. The molecule has 1 aromatic carbocycles. The van der Waals surface area contributed by atoms with Gasteiger partial charge in [-0.3, -0.25) is 0 Å². The molecule has 0 aliphatic rings. The molecule has 106 valence electrons. The number of hydrogen-bond donors (Lipinski definition) is 1. The standard InChI is InChI=1S/C15H17NO3S/c1-10-8-9-20-14(10)13(15(17)19-3)16-11-4-6-12(18-2)7-5-11/h4-9,13,16H,1-3H3. The molecule has 4 nitrogen and oxygen atoms in total. The third-order valence-electron chi connectivity index (χ3n) is 3.00. The molecular formula is C15H17NO3S. The average Bonchev–Trinajstić information content (AvgIpc) is 2.90. The lowest BCUT2D eigenvalue weighted by atomic mass is 10.1. The number of thiophene rings is 1. The van der Waals surface area contributed by atoms with Crippen LogP contribution in [-0.4, -0.2) is 20.2 Å². The van der Waals surface area contributed by atoms with Crippen LogP contribution in [0.4, 0.5) is 5.69 Å². The van der Waals surface area contributed by atoms with Gasteiger partial charge in [0, 0.05) is 10.6 Å². The van der Waals surface area contributed by atoms with Crippen LogP contribution in [0.5, 0.6) is 5.75 Å². The zero-order valence-electron chi connectivity index (χ0n) is 11.7. The Balaban J connectivity index is 2.24. The molecule has 1 aromatic heterocycles. The predicted molar refractivity (Wildman–Crippen MR) is 80.4 cm³/mol. The smallest absolute Gasteiger partial charge is 0.333 e. The highest BCUT2D eigenvalue weighted by Gasteiger charge is 2.24. The van der Waals surface area contributed by atoms with Crippen molar-refractivity contribution >= 4 is 23.0 Å². The maximum atomic E-state index is 12.0. The highest BCUT2D eigenvalue weighted by molar-refractivity contribution is 7.10. The normalized spacial score (nSPS) is 11.8. The summed E-state index contributed by atoms with van der Waals surface area (Å²) in [5.74, 6) is 0.476. The summed E-state index contributed by atoms with van der Waals surface area (Å²) in [7, 11) is 3.02. The Hall–Kier alpha value is -2.01. The molecule has 0 saturated carbocycles. The molecule has 5 heteroatoms. The van der Waals surface area contributed by atoms with E-state index in [0.717, 1.165) is 21.9 Å². The molecule has 1 heterocycles. The van der Waals surface area contributed by atoms with E-state index in [-0.39, 0.29) is 5.97 Å². The van der Waals surface area contributed by atoms with Gasteiger partial charge in [-0.25, -0.2) is 4.79 Å². The first kappa shape index (κ1) is 14.4. The van der Waals surface area contributed by atoms with Crippen LogP contribution in [0.15, 0.2) is 35.7 Å². The van der Waals surface area contributed by atoms with Crippen molar-refractivity contribution in [1.29, 1.82) is 0 Å². The van der Waals surface area contributed by atoms with Gasteiger partial charge in [0.15, 0.2) is 6.04 Å². The average molecular weight is 291 g/mol. The number of anilines is 1. The number of methoxy groups -OCH3 is 2. The van der Waals surface area contributed by atoms with Crippen LogP contribution in [0.25, 0.3) is 0 Å². The quantitative estimate of drug-likeness (QED) is 0.858.